The molecule has 2 aromatic rings. The van der Waals surface area contributed by atoms with Crippen LogP contribution in [0.15, 0.2) is 42.7 Å². The number of aryl methyl sites for hydroxylation is 1. The number of alkyl halides is 1. The summed E-state index contributed by atoms with van der Waals surface area (Å²) >= 11 is 0. The molecule has 2 atom stereocenters. The van der Waals surface area contributed by atoms with E-state index in [0.717, 1.165) is 12.0 Å². The molecule has 0 bridgehead atoms. The Morgan fingerprint density at radius 2 is 1.89 bits per heavy atom. The van der Waals surface area contributed by atoms with Crippen molar-refractivity contribution in [3.63, 3.8) is 0 Å². The van der Waals surface area contributed by atoms with E-state index >= 15 is 4.39 Å². The van der Waals surface area contributed by atoms with Crippen LogP contribution in [-0.2, 0) is 4.79 Å². The van der Waals surface area contributed by atoms with E-state index < -0.39 is 5.67 Å². The molecule has 1 amide bonds. The first kappa shape index (κ1) is 17.9. The van der Waals surface area contributed by atoms with Crippen LogP contribution >= 0.6 is 0 Å². The van der Waals surface area contributed by atoms with E-state index in [4.69, 9.17) is 0 Å². The first-order valence-corrected chi connectivity index (χ1v) is 9.59. The summed E-state index contributed by atoms with van der Waals surface area (Å²) in [4.78, 5) is 22.9. The molecule has 27 heavy (non-hydrogen) atoms. The second-order valence-electron chi connectivity index (χ2n) is 7.77. The van der Waals surface area contributed by atoms with Crippen LogP contribution in [0.2, 0.25) is 0 Å². The number of aromatic nitrogens is 2. The molecule has 0 radical (unpaired) electrons. The molecule has 1 aromatic heterocycles. The Labute approximate surface area is 159 Å². The summed E-state index contributed by atoms with van der Waals surface area (Å²) in [6.45, 7) is 3.04. The standard InChI is InChI=1S/C21H25FN4O/c1-15-12-23-20(24-13-15)25-14-21(22)7-9-26(10-8-21)19(27)18-11-17(18)16-5-3-2-4-6-16/h2-6,12-13,17-18H,7-11,14H2,1H3,(H,23,24,25)/t17-,18+/m0/s1. The molecule has 1 saturated carbocycles. The lowest BCUT2D eigenvalue weighted by atomic mass is 9.93. The lowest BCUT2D eigenvalue weighted by Crippen LogP contribution is -2.48. The average molecular weight is 368 g/mol. The monoisotopic (exact) mass is 368 g/mol. The maximum atomic E-state index is 15.1. The van der Waals surface area contributed by atoms with E-state index in [1.165, 1.54) is 5.56 Å². The highest BCUT2D eigenvalue weighted by molar-refractivity contribution is 5.83. The third-order valence-corrected chi connectivity index (χ3v) is 5.65. The number of piperidine rings is 1. The molecule has 142 valence electrons. The van der Waals surface area contributed by atoms with E-state index in [1.807, 2.05) is 30.0 Å². The van der Waals surface area contributed by atoms with E-state index in [0.29, 0.717) is 37.8 Å². The minimum atomic E-state index is -1.33. The van der Waals surface area contributed by atoms with E-state index in [2.05, 4.69) is 27.4 Å². The number of carbonyl (C=O) groups is 1. The first-order chi connectivity index (χ1) is 13.0. The Morgan fingerprint density at radius 3 is 2.56 bits per heavy atom. The largest absolute Gasteiger partial charge is 0.351 e. The number of hydrogen-bond donors (Lipinski definition) is 1. The van der Waals surface area contributed by atoms with E-state index in [-0.39, 0.29) is 18.4 Å². The number of carbonyl (C=O) groups excluding carboxylic acids is 1. The van der Waals surface area contributed by atoms with Crippen LogP contribution in [0.1, 0.15) is 36.3 Å². The molecule has 1 aliphatic carbocycles. The zero-order valence-electron chi connectivity index (χ0n) is 15.6. The molecule has 4 rings (SSSR count). The summed E-state index contributed by atoms with van der Waals surface area (Å²) < 4.78 is 15.1. The van der Waals surface area contributed by atoms with Crippen molar-refractivity contribution in [3.05, 3.63) is 53.9 Å². The number of rotatable bonds is 5. The summed E-state index contributed by atoms with van der Waals surface area (Å²) in [5.41, 5.74) is 0.874. The predicted octanol–water partition coefficient (Wildman–Crippen LogP) is 3.33. The molecule has 1 aliphatic heterocycles. The normalized spacial score (nSPS) is 23.7. The summed E-state index contributed by atoms with van der Waals surface area (Å²) in [5.74, 6) is 1.02. The zero-order chi connectivity index (χ0) is 18.9. The van der Waals surface area contributed by atoms with Crippen molar-refractivity contribution in [1.29, 1.82) is 0 Å². The lowest BCUT2D eigenvalue weighted by molar-refractivity contribution is -0.135. The van der Waals surface area contributed by atoms with Gasteiger partial charge in [0.05, 0.1) is 6.54 Å². The highest BCUT2D eigenvalue weighted by atomic mass is 19.1. The number of hydrogen-bond acceptors (Lipinski definition) is 4. The number of nitrogens with zero attached hydrogens (tertiary/aromatic N) is 3. The van der Waals surface area contributed by atoms with Gasteiger partial charge in [-0.25, -0.2) is 14.4 Å². The number of anilines is 1. The number of likely N-dealkylation sites (tertiary alicyclic amines) is 1. The Balaban J connectivity index is 1.27. The van der Waals surface area contributed by atoms with E-state index in [9.17, 15) is 4.79 Å². The average Bonchev–Trinajstić information content (AvgIpc) is 3.49. The molecule has 1 saturated heterocycles. The summed E-state index contributed by atoms with van der Waals surface area (Å²) in [6, 6.07) is 10.2. The van der Waals surface area contributed by atoms with Crippen LogP contribution in [0.3, 0.4) is 0 Å². The van der Waals surface area contributed by atoms with Gasteiger partial charge < -0.3 is 10.2 Å². The Kier molecular flexibility index (Phi) is 4.81. The molecule has 0 spiro atoms. The van der Waals surface area contributed by atoms with Gasteiger partial charge in [-0.3, -0.25) is 4.79 Å². The minimum Gasteiger partial charge on any atom is -0.351 e. The maximum Gasteiger partial charge on any atom is 0.226 e. The summed E-state index contributed by atoms with van der Waals surface area (Å²) in [6.07, 6.45) is 5.02. The summed E-state index contributed by atoms with van der Waals surface area (Å²) in [7, 11) is 0. The van der Waals surface area contributed by atoms with Crippen molar-refractivity contribution in [2.45, 2.75) is 37.8 Å². The molecule has 2 fully saturated rings. The maximum absolute atomic E-state index is 15.1. The fourth-order valence-electron chi connectivity index (χ4n) is 3.80. The third kappa shape index (κ3) is 4.10. The Bertz CT molecular complexity index is 788. The van der Waals surface area contributed by atoms with Gasteiger partial charge >= 0.3 is 0 Å². The van der Waals surface area contributed by atoms with Crippen LogP contribution in [0.25, 0.3) is 0 Å². The van der Waals surface area contributed by atoms with Crippen molar-refractivity contribution < 1.29 is 9.18 Å². The number of benzene rings is 1. The Morgan fingerprint density at radius 1 is 1.22 bits per heavy atom. The van der Waals surface area contributed by atoms with Crippen molar-refractivity contribution >= 4 is 11.9 Å². The van der Waals surface area contributed by atoms with Gasteiger partial charge in [0.15, 0.2) is 0 Å². The van der Waals surface area contributed by atoms with Crippen LogP contribution in [0.4, 0.5) is 10.3 Å². The SMILES string of the molecule is Cc1cnc(NCC2(F)CCN(C(=O)[C@@H]3C[C@H]3c3ccccc3)CC2)nc1. The van der Waals surface area contributed by atoms with Crippen LogP contribution in [0, 0.1) is 12.8 Å². The van der Waals surface area contributed by atoms with Crippen LogP contribution < -0.4 is 5.32 Å². The second-order valence-corrected chi connectivity index (χ2v) is 7.77. The fraction of sp³-hybridized carbons (Fsp3) is 0.476. The van der Waals surface area contributed by atoms with Gasteiger partial charge in [-0.2, -0.15) is 0 Å². The topological polar surface area (TPSA) is 58.1 Å². The van der Waals surface area contributed by atoms with E-state index in [1.54, 1.807) is 12.4 Å². The van der Waals surface area contributed by atoms with Crippen LogP contribution in [-0.4, -0.2) is 46.1 Å². The van der Waals surface area contributed by atoms with Crippen molar-refractivity contribution in [3.8, 4) is 0 Å². The molecule has 6 heteroatoms. The second kappa shape index (κ2) is 7.25. The Hall–Kier alpha value is -2.50. The van der Waals surface area contributed by atoms with Gasteiger partial charge in [0, 0.05) is 44.2 Å². The molecular weight excluding hydrogens is 343 g/mol. The molecular formula is C21H25FN4O. The smallest absolute Gasteiger partial charge is 0.226 e. The highest BCUT2D eigenvalue weighted by Crippen LogP contribution is 2.48. The molecule has 0 unspecified atom stereocenters. The molecule has 5 nitrogen and oxygen atoms in total. The van der Waals surface area contributed by atoms with Gasteiger partial charge in [0.2, 0.25) is 11.9 Å². The van der Waals surface area contributed by atoms with Crippen molar-refractivity contribution in [2.24, 2.45) is 5.92 Å². The number of nitrogens with one attached hydrogen (secondary N) is 1. The van der Waals surface area contributed by atoms with Crippen molar-refractivity contribution in [2.75, 3.05) is 25.0 Å². The minimum absolute atomic E-state index is 0.0681. The van der Waals surface area contributed by atoms with Gasteiger partial charge in [-0.15, -0.1) is 0 Å². The highest BCUT2D eigenvalue weighted by Gasteiger charge is 2.47. The van der Waals surface area contributed by atoms with Gasteiger partial charge in [0.25, 0.3) is 0 Å². The predicted molar refractivity (Wildman–Crippen MR) is 102 cm³/mol. The zero-order valence-corrected chi connectivity index (χ0v) is 15.6. The number of amides is 1. The van der Waals surface area contributed by atoms with Gasteiger partial charge in [0.1, 0.15) is 5.67 Å². The van der Waals surface area contributed by atoms with Crippen LogP contribution in [0.5, 0.6) is 0 Å². The third-order valence-electron chi connectivity index (χ3n) is 5.65. The molecule has 2 heterocycles. The molecule has 1 aromatic carbocycles. The lowest BCUT2D eigenvalue weighted by Gasteiger charge is -2.36. The quantitative estimate of drug-likeness (QED) is 0.879. The molecule has 2 aliphatic rings. The van der Waals surface area contributed by atoms with Gasteiger partial charge in [-0.1, -0.05) is 30.3 Å². The first-order valence-electron chi connectivity index (χ1n) is 9.59. The molecule has 1 N–H and O–H groups in total. The van der Waals surface area contributed by atoms with Gasteiger partial charge in [-0.05, 0) is 30.4 Å². The summed E-state index contributed by atoms with van der Waals surface area (Å²) in [5, 5.41) is 2.99. The van der Waals surface area contributed by atoms with Crippen molar-refractivity contribution in [1.82, 2.24) is 14.9 Å². The number of halogens is 1. The fourth-order valence-corrected chi connectivity index (χ4v) is 3.80.